The van der Waals surface area contributed by atoms with Gasteiger partial charge in [0.1, 0.15) is 0 Å². The molecule has 2 aliphatic rings. The van der Waals surface area contributed by atoms with Crippen LogP contribution in [-0.2, 0) is 28.8 Å². The zero-order valence-electron chi connectivity index (χ0n) is 18.9. The van der Waals surface area contributed by atoms with E-state index in [0.717, 1.165) is 4.70 Å². The Balaban J connectivity index is 1.38. The summed E-state index contributed by atoms with van der Waals surface area (Å²) in [7, 11) is -2.01. The monoisotopic (exact) mass is 516 g/mol. The Hall–Kier alpha value is -2.86. The van der Waals surface area contributed by atoms with Gasteiger partial charge in [0, 0.05) is 6.61 Å². The van der Waals surface area contributed by atoms with E-state index in [0.29, 0.717) is 54.3 Å². The maximum absolute atomic E-state index is 13.3. The molecule has 2 fully saturated rings. The van der Waals surface area contributed by atoms with Crippen LogP contribution in [0.3, 0.4) is 0 Å². The van der Waals surface area contributed by atoms with Gasteiger partial charge in [0.25, 0.3) is 5.91 Å². The van der Waals surface area contributed by atoms with Crippen LogP contribution < -0.4 is 5.32 Å². The SMILES string of the molecule is COC(=O)c1ccc2nc(NC(=O)C(O[C@@H]3CCOC3)c3ccc(S(=O)(=O)C4CC4)cc3)sc2c1. The normalized spacial score (nSPS) is 18.9. The fraction of sp³-hybridized carbons (Fsp3) is 0.375. The minimum Gasteiger partial charge on any atom is -0.465 e. The van der Waals surface area contributed by atoms with Crippen molar-refractivity contribution in [1.29, 1.82) is 0 Å². The van der Waals surface area contributed by atoms with Crippen molar-refractivity contribution in [1.82, 2.24) is 4.98 Å². The zero-order valence-corrected chi connectivity index (χ0v) is 20.6. The fourth-order valence-electron chi connectivity index (χ4n) is 3.90. The van der Waals surface area contributed by atoms with Crippen LogP contribution in [0.25, 0.3) is 10.2 Å². The van der Waals surface area contributed by atoms with Gasteiger partial charge in [-0.2, -0.15) is 0 Å². The highest BCUT2D eigenvalue weighted by molar-refractivity contribution is 7.92. The molecule has 0 spiro atoms. The third-order valence-corrected chi connectivity index (χ3v) is 9.18. The fourth-order valence-corrected chi connectivity index (χ4v) is 6.47. The van der Waals surface area contributed by atoms with Crippen molar-refractivity contribution in [2.75, 3.05) is 25.6 Å². The molecule has 1 saturated heterocycles. The molecular weight excluding hydrogens is 492 g/mol. The minimum atomic E-state index is -3.33. The summed E-state index contributed by atoms with van der Waals surface area (Å²) in [6.45, 7) is 0.938. The van der Waals surface area contributed by atoms with Crippen molar-refractivity contribution in [3.63, 3.8) is 0 Å². The van der Waals surface area contributed by atoms with Gasteiger partial charge in [0.15, 0.2) is 21.1 Å². The van der Waals surface area contributed by atoms with Gasteiger partial charge in [0.2, 0.25) is 0 Å². The first-order valence-corrected chi connectivity index (χ1v) is 13.6. The summed E-state index contributed by atoms with van der Waals surface area (Å²) in [5, 5.41) is 2.86. The predicted molar refractivity (Wildman–Crippen MR) is 129 cm³/mol. The number of amides is 1. The van der Waals surface area contributed by atoms with Crippen LogP contribution in [0.2, 0.25) is 0 Å². The Bertz CT molecular complexity index is 1360. The van der Waals surface area contributed by atoms with Crippen LogP contribution in [0.5, 0.6) is 0 Å². The minimum absolute atomic E-state index is 0.250. The number of anilines is 1. The van der Waals surface area contributed by atoms with Crippen LogP contribution in [0.15, 0.2) is 47.4 Å². The summed E-state index contributed by atoms with van der Waals surface area (Å²) in [5.74, 6) is -0.882. The molecule has 2 aromatic carbocycles. The molecule has 1 N–H and O–H groups in total. The van der Waals surface area contributed by atoms with Crippen LogP contribution in [0.1, 0.15) is 41.3 Å². The number of ether oxygens (including phenoxy) is 3. The van der Waals surface area contributed by atoms with E-state index >= 15 is 0 Å². The number of esters is 1. The first kappa shape index (κ1) is 23.9. The smallest absolute Gasteiger partial charge is 0.337 e. The number of nitrogens with one attached hydrogen (secondary N) is 1. The average Bonchev–Trinajstić information content (AvgIpc) is 3.47. The summed E-state index contributed by atoms with van der Waals surface area (Å²) in [6, 6.07) is 11.3. The second-order valence-electron chi connectivity index (χ2n) is 8.50. The Morgan fingerprint density at radius 3 is 2.57 bits per heavy atom. The summed E-state index contributed by atoms with van der Waals surface area (Å²) in [6.07, 6.45) is 0.803. The number of methoxy groups -OCH3 is 1. The predicted octanol–water partition coefficient (Wildman–Crippen LogP) is 3.50. The van der Waals surface area contributed by atoms with Gasteiger partial charge in [-0.1, -0.05) is 23.5 Å². The highest BCUT2D eigenvalue weighted by atomic mass is 32.2. The van der Waals surface area contributed by atoms with Crippen LogP contribution in [-0.4, -0.2) is 57.0 Å². The highest BCUT2D eigenvalue weighted by Gasteiger charge is 2.37. The largest absolute Gasteiger partial charge is 0.465 e. The topological polar surface area (TPSA) is 121 Å². The third kappa shape index (κ3) is 5.08. The number of aromatic nitrogens is 1. The van der Waals surface area contributed by atoms with E-state index in [9.17, 15) is 18.0 Å². The van der Waals surface area contributed by atoms with Gasteiger partial charge in [-0.05, 0) is 55.2 Å². The molecule has 1 saturated carbocycles. The second kappa shape index (κ2) is 9.65. The standard InChI is InChI=1S/C24H24N2O7S2/c1-31-23(28)15-4-9-19-20(12-15)34-24(25-19)26-22(27)21(33-16-10-11-32-13-16)14-2-5-17(6-3-14)35(29,30)18-7-8-18/h2-6,9,12,16,18,21H,7-8,10-11,13H2,1H3,(H,25,26,27)/t16-,21?/m1/s1. The number of thiazole rings is 1. The number of carbonyl (C=O) groups is 2. The molecule has 3 aromatic rings. The number of benzene rings is 2. The molecule has 184 valence electrons. The number of nitrogens with zero attached hydrogens (tertiary/aromatic N) is 1. The van der Waals surface area contributed by atoms with Crippen molar-refractivity contribution in [3.8, 4) is 0 Å². The maximum atomic E-state index is 13.3. The lowest BCUT2D eigenvalue weighted by molar-refractivity contribution is -0.131. The van der Waals surface area contributed by atoms with Crippen molar-refractivity contribution in [2.24, 2.45) is 0 Å². The van der Waals surface area contributed by atoms with Crippen LogP contribution in [0.4, 0.5) is 5.13 Å². The summed E-state index contributed by atoms with van der Waals surface area (Å²) in [4.78, 5) is 29.8. The zero-order chi connectivity index (χ0) is 24.6. The molecular formula is C24H24N2O7S2. The molecule has 0 bridgehead atoms. The number of sulfone groups is 1. The number of hydrogen-bond acceptors (Lipinski definition) is 9. The molecule has 1 aliphatic carbocycles. The van der Waals surface area contributed by atoms with Gasteiger partial charge in [-0.15, -0.1) is 0 Å². The number of fused-ring (bicyclic) bond motifs is 1. The third-order valence-electron chi connectivity index (χ3n) is 5.97. The lowest BCUT2D eigenvalue weighted by Crippen LogP contribution is -2.28. The van der Waals surface area contributed by atoms with Gasteiger partial charge >= 0.3 is 5.97 Å². The molecule has 1 aromatic heterocycles. The number of rotatable bonds is 8. The molecule has 1 aliphatic heterocycles. The molecule has 9 nitrogen and oxygen atoms in total. The van der Waals surface area contributed by atoms with Crippen LogP contribution >= 0.6 is 11.3 Å². The van der Waals surface area contributed by atoms with Gasteiger partial charge in [-0.3, -0.25) is 10.1 Å². The Labute approximate surface area is 206 Å². The highest BCUT2D eigenvalue weighted by Crippen LogP contribution is 2.35. The summed E-state index contributed by atoms with van der Waals surface area (Å²) < 4.78 is 42.0. The van der Waals surface area contributed by atoms with E-state index < -0.39 is 27.8 Å². The Morgan fingerprint density at radius 1 is 1.14 bits per heavy atom. The van der Waals surface area contributed by atoms with Crippen LogP contribution in [0, 0.1) is 0 Å². The first-order valence-electron chi connectivity index (χ1n) is 11.2. The molecule has 2 heterocycles. The molecule has 2 atom stereocenters. The summed E-state index contributed by atoms with van der Waals surface area (Å²) in [5.41, 5.74) is 1.57. The Morgan fingerprint density at radius 2 is 1.91 bits per heavy atom. The van der Waals surface area contributed by atoms with Crippen molar-refractivity contribution >= 4 is 48.4 Å². The molecule has 0 radical (unpaired) electrons. The summed E-state index contributed by atoms with van der Waals surface area (Å²) >= 11 is 1.23. The van der Waals surface area contributed by atoms with E-state index in [-0.39, 0.29) is 16.2 Å². The molecule has 35 heavy (non-hydrogen) atoms. The Kier molecular flexibility index (Phi) is 6.58. The van der Waals surface area contributed by atoms with E-state index in [1.54, 1.807) is 30.3 Å². The van der Waals surface area contributed by atoms with Crippen molar-refractivity contribution in [3.05, 3.63) is 53.6 Å². The maximum Gasteiger partial charge on any atom is 0.337 e. The molecule has 5 rings (SSSR count). The van der Waals surface area contributed by atoms with Gasteiger partial charge in [-0.25, -0.2) is 18.2 Å². The molecule has 1 amide bonds. The quantitative estimate of drug-likeness (QED) is 0.452. The first-order chi connectivity index (χ1) is 16.8. The molecule has 11 heteroatoms. The lowest BCUT2D eigenvalue weighted by Gasteiger charge is -2.21. The lowest BCUT2D eigenvalue weighted by atomic mass is 10.1. The second-order valence-corrected chi connectivity index (χ2v) is 11.8. The van der Waals surface area contributed by atoms with E-state index in [2.05, 4.69) is 10.3 Å². The van der Waals surface area contributed by atoms with E-state index in [1.165, 1.54) is 30.6 Å². The average molecular weight is 517 g/mol. The van der Waals surface area contributed by atoms with Crippen molar-refractivity contribution in [2.45, 2.75) is 41.6 Å². The van der Waals surface area contributed by atoms with E-state index in [4.69, 9.17) is 14.2 Å². The van der Waals surface area contributed by atoms with Gasteiger partial charge in [0.05, 0.1) is 45.7 Å². The van der Waals surface area contributed by atoms with Gasteiger partial charge < -0.3 is 14.2 Å². The number of carbonyl (C=O) groups excluding carboxylic acids is 2. The van der Waals surface area contributed by atoms with Crippen molar-refractivity contribution < 1.29 is 32.2 Å². The van der Waals surface area contributed by atoms with E-state index in [1.807, 2.05) is 0 Å². The molecule has 1 unspecified atom stereocenters. The number of hydrogen-bond donors (Lipinski definition) is 1.